The normalized spacial score (nSPS) is 15.4. The maximum Gasteiger partial charge on any atom is 0.316 e. The number of likely N-dealkylation sites (tertiary alicyclic amines) is 1. The Kier molecular flexibility index (Phi) is 2.80. The van der Waals surface area contributed by atoms with Gasteiger partial charge in [-0.1, -0.05) is 0 Å². The van der Waals surface area contributed by atoms with Crippen molar-refractivity contribution in [2.24, 2.45) is 0 Å². The van der Waals surface area contributed by atoms with E-state index in [4.69, 9.17) is 4.74 Å². The minimum Gasteiger partial charge on any atom is -0.467 e. The molecule has 1 aromatic rings. The molecule has 0 spiro atoms. The summed E-state index contributed by atoms with van der Waals surface area (Å²) in [6.45, 7) is 1.68. The lowest BCUT2D eigenvalue weighted by Gasteiger charge is -2.14. The van der Waals surface area contributed by atoms with Crippen LogP contribution < -0.4 is 4.74 Å². The number of hydrogen-bond donors (Lipinski definition) is 0. The Bertz CT molecular complexity index is 344. The monoisotopic (exact) mass is 207 g/mol. The second-order valence-corrected chi connectivity index (χ2v) is 3.46. The number of ether oxygens (including phenoxy) is 1. The van der Waals surface area contributed by atoms with Crippen LogP contribution in [0.3, 0.4) is 0 Å². The third-order valence-electron chi connectivity index (χ3n) is 2.45. The van der Waals surface area contributed by atoms with Crippen molar-refractivity contribution in [3.05, 3.63) is 18.0 Å². The van der Waals surface area contributed by atoms with Gasteiger partial charge in [-0.2, -0.15) is 0 Å². The quantitative estimate of drug-likeness (QED) is 0.717. The van der Waals surface area contributed by atoms with Gasteiger partial charge in [-0.05, 0) is 12.8 Å². The summed E-state index contributed by atoms with van der Waals surface area (Å²) in [6.07, 6.45) is 5.18. The van der Waals surface area contributed by atoms with E-state index in [2.05, 4.69) is 9.97 Å². The molecule has 0 aliphatic carbocycles. The third-order valence-corrected chi connectivity index (χ3v) is 2.45. The summed E-state index contributed by atoms with van der Waals surface area (Å²) in [5.74, 6) is 0.00940. The Hall–Kier alpha value is -1.65. The Morgan fingerprint density at radius 1 is 1.33 bits per heavy atom. The van der Waals surface area contributed by atoms with Crippen LogP contribution in [0.25, 0.3) is 0 Å². The number of carbonyl (C=O) groups excluding carboxylic acids is 1. The molecule has 0 N–H and O–H groups in total. The SMILES string of the molecule is COc1ncc(C(=O)N2CCCC2)cn1. The van der Waals surface area contributed by atoms with Gasteiger partial charge in [0, 0.05) is 25.5 Å². The molecule has 0 unspecified atom stereocenters. The van der Waals surface area contributed by atoms with Crippen molar-refractivity contribution >= 4 is 5.91 Å². The average molecular weight is 207 g/mol. The predicted molar refractivity (Wildman–Crippen MR) is 53.7 cm³/mol. The number of amides is 1. The summed E-state index contributed by atoms with van der Waals surface area (Å²) in [6, 6.07) is 0.285. The van der Waals surface area contributed by atoms with Crippen LogP contribution in [0.4, 0.5) is 0 Å². The Balaban J connectivity index is 2.11. The van der Waals surface area contributed by atoms with Gasteiger partial charge >= 0.3 is 6.01 Å². The summed E-state index contributed by atoms with van der Waals surface area (Å²) in [7, 11) is 1.50. The molecule has 5 nitrogen and oxygen atoms in total. The van der Waals surface area contributed by atoms with Crippen molar-refractivity contribution < 1.29 is 9.53 Å². The molecule has 0 radical (unpaired) electrons. The lowest BCUT2D eigenvalue weighted by Crippen LogP contribution is -2.27. The van der Waals surface area contributed by atoms with Crippen LogP contribution in [0.5, 0.6) is 6.01 Å². The maximum absolute atomic E-state index is 11.9. The number of aromatic nitrogens is 2. The fraction of sp³-hybridized carbons (Fsp3) is 0.500. The number of rotatable bonds is 2. The van der Waals surface area contributed by atoms with Crippen LogP contribution >= 0.6 is 0 Å². The van der Waals surface area contributed by atoms with Crippen LogP contribution in [0, 0.1) is 0 Å². The topological polar surface area (TPSA) is 55.3 Å². The molecular weight excluding hydrogens is 194 g/mol. The van der Waals surface area contributed by atoms with E-state index in [-0.39, 0.29) is 11.9 Å². The van der Waals surface area contributed by atoms with E-state index in [0.717, 1.165) is 25.9 Å². The van der Waals surface area contributed by atoms with E-state index >= 15 is 0 Å². The zero-order valence-corrected chi connectivity index (χ0v) is 8.64. The zero-order valence-electron chi connectivity index (χ0n) is 8.64. The zero-order chi connectivity index (χ0) is 10.7. The molecule has 1 fully saturated rings. The fourth-order valence-electron chi connectivity index (χ4n) is 1.63. The van der Waals surface area contributed by atoms with Crippen molar-refractivity contribution in [2.75, 3.05) is 20.2 Å². The van der Waals surface area contributed by atoms with E-state index in [1.54, 1.807) is 0 Å². The van der Waals surface area contributed by atoms with E-state index in [0.29, 0.717) is 5.56 Å². The molecule has 0 saturated carbocycles. The summed E-state index contributed by atoms with van der Waals surface area (Å²) >= 11 is 0. The molecule has 2 rings (SSSR count). The molecule has 0 bridgehead atoms. The molecule has 1 aliphatic rings. The smallest absolute Gasteiger partial charge is 0.316 e. The third kappa shape index (κ3) is 2.06. The van der Waals surface area contributed by atoms with Crippen molar-refractivity contribution in [3.8, 4) is 6.01 Å². The van der Waals surface area contributed by atoms with E-state index < -0.39 is 0 Å². The average Bonchev–Trinajstić information content (AvgIpc) is 2.82. The van der Waals surface area contributed by atoms with Crippen LogP contribution in [0.2, 0.25) is 0 Å². The number of carbonyl (C=O) groups is 1. The fourth-order valence-corrected chi connectivity index (χ4v) is 1.63. The minimum atomic E-state index is 0.00940. The highest BCUT2D eigenvalue weighted by molar-refractivity contribution is 5.93. The van der Waals surface area contributed by atoms with Gasteiger partial charge in [-0.3, -0.25) is 4.79 Å². The van der Waals surface area contributed by atoms with Gasteiger partial charge in [-0.15, -0.1) is 0 Å². The lowest BCUT2D eigenvalue weighted by atomic mass is 10.3. The van der Waals surface area contributed by atoms with Gasteiger partial charge in [0.15, 0.2) is 0 Å². The molecular formula is C10H13N3O2. The Labute approximate surface area is 88.1 Å². The summed E-state index contributed by atoms with van der Waals surface area (Å²) in [5.41, 5.74) is 0.526. The van der Waals surface area contributed by atoms with Gasteiger partial charge in [0.2, 0.25) is 0 Å². The lowest BCUT2D eigenvalue weighted by molar-refractivity contribution is 0.0792. The number of hydrogen-bond acceptors (Lipinski definition) is 4. The van der Waals surface area contributed by atoms with Crippen molar-refractivity contribution in [1.82, 2.24) is 14.9 Å². The number of methoxy groups -OCH3 is 1. The first-order chi connectivity index (χ1) is 7.31. The van der Waals surface area contributed by atoms with Crippen LogP contribution in [-0.2, 0) is 0 Å². The molecule has 15 heavy (non-hydrogen) atoms. The molecule has 1 aromatic heterocycles. The van der Waals surface area contributed by atoms with Crippen LogP contribution in [0.15, 0.2) is 12.4 Å². The molecule has 80 valence electrons. The largest absolute Gasteiger partial charge is 0.467 e. The molecule has 0 aromatic carbocycles. The Morgan fingerprint density at radius 3 is 2.47 bits per heavy atom. The van der Waals surface area contributed by atoms with Gasteiger partial charge < -0.3 is 9.64 Å². The first-order valence-electron chi connectivity index (χ1n) is 4.96. The second-order valence-electron chi connectivity index (χ2n) is 3.46. The van der Waals surface area contributed by atoms with E-state index in [1.807, 2.05) is 4.90 Å². The summed E-state index contributed by atoms with van der Waals surface area (Å²) in [5, 5.41) is 0. The van der Waals surface area contributed by atoms with Crippen molar-refractivity contribution in [3.63, 3.8) is 0 Å². The molecule has 0 atom stereocenters. The standard InChI is InChI=1S/C10H13N3O2/c1-15-10-11-6-8(7-12-10)9(14)13-4-2-3-5-13/h6-7H,2-5H2,1H3. The first-order valence-corrected chi connectivity index (χ1v) is 4.96. The highest BCUT2D eigenvalue weighted by Gasteiger charge is 2.19. The summed E-state index contributed by atoms with van der Waals surface area (Å²) in [4.78, 5) is 21.5. The van der Waals surface area contributed by atoms with E-state index in [1.165, 1.54) is 19.5 Å². The van der Waals surface area contributed by atoms with Crippen molar-refractivity contribution in [1.29, 1.82) is 0 Å². The van der Waals surface area contributed by atoms with Crippen LogP contribution in [-0.4, -0.2) is 41.0 Å². The molecule has 1 amide bonds. The molecule has 1 saturated heterocycles. The summed E-state index contributed by atoms with van der Waals surface area (Å²) < 4.78 is 4.83. The van der Waals surface area contributed by atoms with Gasteiger partial charge in [0.25, 0.3) is 5.91 Å². The second kappa shape index (κ2) is 4.25. The first kappa shape index (κ1) is 9.89. The van der Waals surface area contributed by atoms with E-state index in [9.17, 15) is 4.79 Å². The predicted octanol–water partition coefficient (Wildman–Crippen LogP) is 0.721. The maximum atomic E-state index is 11.9. The minimum absolute atomic E-state index is 0.00940. The highest BCUT2D eigenvalue weighted by atomic mass is 16.5. The number of nitrogens with zero attached hydrogens (tertiary/aromatic N) is 3. The van der Waals surface area contributed by atoms with Gasteiger partial charge in [-0.25, -0.2) is 9.97 Å². The van der Waals surface area contributed by atoms with Crippen molar-refractivity contribution in [2.45, 2.75) is 12.8 Å². The molecule has 1 aliphatic heterocycles. The Morgan fingerprint density at radius 2 is 1.93 bits per heavy atom. The molecule has 2 heterocycles. The highest BCUT2D eigenvalue weighted by Crippen LogP contribution is 2.12. The van der Waals surface area contributed by atoms with Gasteiger partial charge in [0.1, 0.15) is 0 Å². The molecule has 5 heteroatoms. The van der Waals surface area contributed by atoms with Crippen LogP contribution in [0.1, 0.15) is 23.2 Å². The van der Waals surface area contributed by atoms with Gasteiger partial charge in [0.05, 0.1) is 12.7 Å².